The molecule has 2 aliphatic rings. The summed E-state index contributed by atoms with van der Waals surface area (Å²) in [5, 5.41) is 3.84. The molecule has 0 saturated carbocycles. The number of sulfonamides is 1. The molecule has 10 nitrogen and oxygen atoms in total. The summed E-state index contributed by atoms with van der Waals surface area (Å²) >= 11 is 0.757. The Morgan fingerprint density at radius 1 is 1.24 bits per heavy atom. The van der Waals surface area contributed by atoms with E-state index in [2.05, 4.69) is 9.82 Å². The highest BCUT2D eigenvalue weighted by atomic mass is 32.2. The minimum atomic E-state index is -4.60. The quantitative estimate of drug-likeness (QED) is 0.526. The molecule has 4 rings (SSSR count). The minimum Gasteiger partial charge on any atom is -0.383 e. The number of hydrogen-bond acceptors (Lipinski definition) is 7. The zero-order chi connectivity index (χ0) is 27.0. The van der Waals surface area contributed by atoms with Crippen molar-refractivity contribution < 1.29 is 35.9 Å². The summed E-state index contributed by atoms with van der Waals surface area (Å²) in [6, 6.07) is 2.42. The lowest BCUT2D eigenvalue weighted by Crippen LogP contribution is -2.55. The summed E-state index contributed by atoms with van der Waals surface area (Å²) in [6.45, 7) is 1.21. The van der Waals surface area contributed by atoms with E-state index in [4.69, 9.17) is 4.74 Å². The number of hydrogen-bond donors (Lipinski definition) is 1. The van der Waals surface area contributed by atoms with Gasteiger partial charge in [-0.25, -0.2) is 8.42 Å². The van der Waals surface area contributed by atoms with Crippen LogP contribution in [0.25, 0.3) is 10.6 Å². The van der Waals surface area contributed by atoms with Gasteiger partial charge in [0.15, 0.2) is 0 Å². The van der Waals surface area contributed by atoms with Gasteiger partial charge in [0.2, 0.25) is 11.8 Å². The van der Waals surface area contributed by atoms with Gasteiger partial charge in [0.05, 0.1) is 24.1 Å². The lowest BCUT2D eigenvalue weighted by atomic mass is 10.1. The van der Waals surface area contributed by atoms with E-state index in [1.54, 1.807) is 12.0 Å². The van der Waals surface area contributed by atoms with Crippen LogP contribution in [0.3, 0.4) is 0 Å². The second-order valence-electron chi connectivity index (χ2n) is 9.07. The van der Waals surface area contributed by atoms with E-state index in [1.165, 1.54) is 17.0 Å². The van der Waals surface area contributed by atoms with Crippen LogP contribution in [0.5, 0.6) is 0 Å². The molecular formula is C22H28F3N5O5S2. The molecule has 0 bridgehead atoms. The molecule has 2 fully saturated rings. The second kappa shape index (κ2) is 10.7. The van der Waals surface area contributed by atoms with Gasteiger partial charge < -0.3 is 14.5 Å². The maximum absolute atomic E-state index is 13.1. The van der Waals surface area contributed by atoms with Crippen LogP contribution in [0, 0.1) is 0 Å². The molecule has 2 saturated heterocycles. The summed E-state index contributed by atoms with van der Waals surface area (Å²) < 4.78 is 73.4. The first kappa shape index (κ1) is 27.5. The van der Waals surface area contributed by atoms with E-state index in [0.29, 0.717) is 30.8 Å². The zero-order valence-corrected chi connectivity index (χ0v) is 22.0. The summed E-state index contributed by atoms with van der Waals surface area (Å²) in [7, 11) is -1.42. The number of aromatic nitrogens is 2. The largest absolute Gasteiger partial charge is 0.433 e. The average Bonchev–Trinajstić information content (AvgIpc) is 3.55. The van der Waals surface area contributed by atoms with Gasteiger partial charge in [0.25, 0.3) is 10.0 Å². The number of ether oxygens (including phenoxy) is 1. The maximum Gasteiger partial charge on any atom is 0.433 e. The number of halogens is 3. The topological polar surface area (TPSA) is 114 Å². The van der Waals surface area contributed by atoms with Gasteiger partial charge >= 0.3 is 6.18 Å². The number of likely N-dealkylation sites (tertiary alicyclic amines) is 2. The van der Waals surface area contributed by atoms with Crippen molar-refractivity contribution in [3.8, 4) is 10.6 Å². The first-order chi connectivity index (χ1) is 17.4. The van der Waals surface area contributed by atoms with E-state index in [0.717, 1.165) is 37.3 Å². The molecule has 0 spiro atoms. The van der Waals surface area contributed by atoms with E-state index in [9.17, 15) is 31.2 Å². The molecule has 0 radical (unpaired) electrons. The Morgan fingerprint density at radius 2 is 1.97 bits per heavy atom. The van der Waals surface area contributed by atoms with Crippen LogP contribution >= 0.6 is 11.3 Å². The lowest BCUT2D eigenvalue weighted by molar-refractivity contribution is -0.144. The molecule has 0 aliphatic carbocycles. The Morgan fingerprint density at radius 3 is 2.65 bits per heavy atom. The van der Waals surface area contributed by atoms with Crippen molar-refractivity contribution in [3.05, 3.63) is 23.9 Å². The molecule has 2 aromatic rings. The van der Waals surface area contributed by atoms with Gasteiger partial charge in [-0.3, -0.25) is 14.3 Å². The van der Waals surface area contributed by atoms with Crippen LogP contribution < -0.4 is 4.72 Å². The number of nitrogens with zero attached hydrogens (tertiary/aromatic N) is 4. The molecule has 15 heteroatoms. The monoisotopic (exact) mass is 563 g/mol. The standard InChI is InChI=1S/C22H28F3N5O5S2/c1-28-18(22(23,24)25)11-16(26-28)17-7-8-20(36-17)37(33,34)27-15-6-4-9-29(21(15)32)12-19(31)30-10-3-5-14(30)13-35-2/h7-8,11,14-15,27H,3-6,9-10,12-13H2,1-2H3/t14-,15+/m1/s1. The van der Waals surface area contributed by atoms with E-state index in [1.807, 2.05) is 0 Å². The smallest absolute Gasteiger partial charge is 0.383 e. The number of methoxy groups -OCH3 is 1. The van der Waals surface area contributed by atoms with Crippen molar-refractivity contribution in [3.63, 3.8) is 0 Å². The number of nitrogens with one attached hydrogen (secondary N) is 1. The molecule has 1 N–H and O–H groups in total. The Bertz CT molecular complexity index is 1260. The maximum atomic E-state index is 13.1. The highest BCUT2D eigenvalue weighted by Crippen LogP contribution is 2.35. The van der Waals surface area contributed by atoms with Crippen molar-refractivity contribution in [1.29, 1.82) is 0 Å². The van der Waals surface area contributed by atoms with Gasteiger partial charge in [-0.2, -0.15) is 23.0 Å². The van der Waals surface area contributed by atoms with Crippen molar-refractivity contribution in [1.82, 2.24) is 24.3 Å². The fraction of sp³-hybridized carbons (Fsp3) is 0.591. The first-order valence-electron chi connectivity index (χ1n) is 11.7. The summed E-state index contributed by atoms with van der Waals surface area (Å²) in [6.07, 6.45) is -2.13. The van der Waals surface area contributed by atoms with E-state index in [-0.39, 0.29) is 39.7 Å². The van der Waals surface area contributed by atoms with E-state index >= 15 is 0 Å². The molecule has 2 aliphatic heterocycles. The van der Waals surface area contributed by atoms with Gasteiger partial charge in [0.1, 0.15) is 21.6 Å². The van der Waals surface area contributed by atoms with Crippen LogP contribution in [0.1, 0.15) is 31.4 Å². The SMILES string of the molecule is COC[C@H]1CCCN1C(=O)CN1CCC[C@H](NS(=O)(=O)c2ccc(-c3cc(C(F)(F)F)n(C)n3)s2)C1=O. The van der Waals surface area contributed by atoms with Crippen LogP contribution in [0.4, 0.5) is 13.2 Å². The Balaban J connectivity index is 1.43. The predicted octanol–water partition coefficient (Wildman–Crippen LogP) is 2.07. The van der Waals surface area contributed by atoms with E-state index < -0.39 is 33.8 Å². The van der Waals surface area contributed by atoms with Gasteiger partial charge in [-0.05, 0) is 43.9 Å². The van der Waals surface area contributed by atoms with Crippen LogP contribution in [-0.4, -0.2) is 85.2 Å². The third-order valence-corrected chi connectivity index (χ3v) is 9.55. The molecule has 0 unspecified atom stereocenters. The third-order valence-electron chi connectivity index (χ3n) is 6.48. The number of carbonyl (C=O) groups excluding carboxylic acids is 2. The first-order valence-corrected chi connectivity index (χ1v) is 14.0. The number of aryl methyl sites for hydroxylation is 1. The molecule has 0 aromatic carbocycles. The minimum absolute atomic E-state index is 0.00612. The summed E-state index contributed by atoms with van der Waals surface area (Å²) in [5.74, 6) is -0.685. The highest BCUT2D eigenvalue weighted by molar-refractivity contribution is 7.91. The van der Waals surface area contributed by atoms with Crippen molar-refractivity contribution >= 4 is 33.2 Å². The molecule has 204 valence electrons. The fourth-order valence-electron chi connectivity index (χ4n) is 4.69. The second-order valence-corrected chi connectivity index (χ2v) is 12.1. The normalized spacial score (nSPS) is 21.2. The summed E-state index contributed by atoms with van der Waals surface area (Å²) in [4.78, 5) is 29.2. The average molecular weight is 564 g/mol. The Hall–Kier alpha value is -2.49. The summed E-state index contributed by atoms with van der Waals surface area (Å²) in [5.41, 5.74) is -0.961. The number of piperidine rings is 1. The third kappa shape index (κ3) is 5.99. The number of rotatable bonds is 8. The number of amides is 2. The van der Waals surface area contributed by atoms with Gasteiger partial charge in [-0.15, -0.1) is 11.3 Å². The molecule has 4 heterocycles. The molecular weight excluding hydrogens is 535 g/mol. The molecule has 37 heavy (non-hydrogen) atoms. The zero-order valence-electron chi connectivity index (χ0n) is 20.3. The predicted molar refractivity (Wildman–Crippen MR) is 128 cm³/mol. The van der Waals surface area contributed by atoms with Crippen molar-refractivity contribution in [2.24, 2.45) is 7.05 Å². The van der Waals surface area contributed by atoms with Crippen molar-refractivity contribution in [2.75, 3.05) is 33.4 Å². The van der Waals surface area contributed by atoms with Crippen molar-refractivity contribution in [2.45, 2.75) is 48.2 Å². The highest BCUT2D eigenvalue weighted by Gasteiger charge is 2.37. The molecule has 2 atom stereocenters. The number of thiophene rings is 1. The number of carbonyl (C=O) groups is 2. The Labute approximate surface area is 216 Å². The fourth-order valence-corrected chi connectivity index (χ4v) is 7.19. The lowest BCUT2D eigenvalue weighted by Gasteiger charge is -2.34. The van der Waals surface area contributed by atoms with Crippen LogP contribution in [0.2, 0.25) is 0 Å². The molecule has 2 aromatic heterocycles. The molecule has 2 amide bonds. The number of alkyl halides is 3. The van der Waals surface area contributed by atoms with Crippen LogP contribution in [-0.2, 0) is 37.6 Å². The Kier molecular flexibility index (Phi) is 7.97. The van der Waals surface area contributed by atoms with Gasteiger partial charge in [-0.1, -0.05) is 0 Å². The van der Waals surface area contributed by atoms with Gasteiger partial charge in [0, 0.05) is 27.2 Å². The van der Waals surface area contributed by atoms with Crippen LogP contribution in [0.15, 0.2) is 22.4 Å².